The van der Waals surface area contributed by atoms with Gasteiger partial charge in [0.25, 0.3) is 0 Å². The van der Waals surface area contributed by atoms with Gasteiger partial charge < -0.3 is 14.2 Å². The number of hydrogen-bond acceptors (Lipinski definition) is 5. The maximum absolute atomic E-state index is 5.75. The molecule has 0 aliphatic carbocycles. The minimum Gasteiger partial charge on any atom is -0.491 e. The first kappa shape index (κ1) is 14.2. The summed E-state index contributed by atoms with van der Waals surface area (Å²) in [5, 5.41) is 12.9. The van der Waals surface area contributed by atoms with Crippen LogP contribution >= 0.6 is 0 Å². The van der Waals surface area contributed by atoms with E-state index in [-0.39, 0.29) is 0 Å². The van der Waals surface area contributed by atoms with Gasteiger partial charge in [0.2, 0.25) is 0 Å². The fourth-order valence-corrected chi connectivity index (χ4v) is 2.61. The van der Waals surface area contributed by atoms with Crippen LogP contribution in [0.5, 0.6) is 5.75 Å². The van der Waals surface area contributed by atoms with E-state index in [1.165, 1.54) is 0 Å². The summed E-state index contributed by atoms with van der Waals surface area (Å²) in [5.41, 5.74) is 2.82. The standard InChI is InChI=1S/C16H18N4O3/c1-2-15-14-9-13(1)23-8-7-22-6-5-21-4-3-20-11-12(10-17-20)16(14)19-18-15/h1-2,9-11H,3-8H2,(H,18,19). The zero-order valence-corrected chi connectivity index (χ0v) is 12.7. The Kier molecular flexibility index (Phi) is 3.95. The van der Waals surface area contributed by atoms with E-state index in [2.05, 4.69) is 15.3 Å². The molecule has 7 heteroatoms. The molecule has 1 N–H and O–H groups in total. The van der Waals surface area contributed by atoms with Crippen molar-refractivity contribution >= 4 is 10.9 Å². The van der Waals surface area contributed by atoms with Crippen molar-refractivity contribution in [2.24, 2.45) is 0 Å². The first-order valence-corrected chi connectivity index (χ1v) is 7.69. The van der Waals surface area contributed by atoms with Gasteiger partial charge in [-0.2, -0.15) is 10.2 Å². The van der Waals surface area contributed by atoms with Crippen LogP contribution in [-0.2, 0) is 16.0 Å². The average Bonchev–Trinajstić information content (AvgIpc) is 3.18. The zero-order chi connectivity index (χ0) is 15.5. The van der Waals surface area contributed by atoms with Crippen molar-refractivity contribution in [3.8, 4) is 17.0 Å². The van der Waals surface area contributed by atoms with Gasteiger partial charge in [-0.05, 0) is 18.2 Å². The lowest BCUT2D eigenvalue weighted by Crippen LogP contribution is -2.13. The first-order chi connectivity index (χ1) is 11.4. The monoisotopic (exact) mass is 314 g/mol. The Morgan fingerprint density at radius 2 is 1.91 bits per heavy atom. The van der Waals surface area contributed by atoms with Crippen molar-refractivity contribution in [3.05, 3.63) is 30.6 Å². The van der Waals surface area contributed by atoms with Gasteiger partial charge in [-0.15, -0.1) is 0 Å². The van der Waals surface area contributed by atoms with Crippen LogP contribution in [0.2, 0.25) is 0 Å². The maximum Gasteiger partial charge on any atom is 0.120 e. The summed E-state index contributed by atoms with van der Waals surface area (Å²) in [6, 6.07) is 5.91. The van der Waals surface area contributed by atoms with E-state index in [4.69, 9.17) is 14.2 Å². The van der Waals surface area contributed by atoms with E-state index < -0.39 is 0 Å². The van der Waals surface area contributed by atoms with Crippen LogP contribution in [0.4, 0.5) is 0 Å². The average molecular weight is 314 g/mol. The number of fused-ring (bicyclic) bond motifs is 4. The van der Waals surface area contributed by atoms with Crippen LogP contribution in [0, 0.1) is 0 Å². The second kappa shape index (κ2) is 6.39. The number of H-pyrrole nitrogens is 1. The molecule has 0 fully saturated rings. The van der Waals surface area contributed by atoms with E-state index >= 15 is 0 Å². The number of aromatic amines is 1. The van der Waals surface area contributed by atoms with Crippen molar-refractivity contribution in [1.82, 2.24) is 20.0 Å². The van der Waals surface area contributed by atoms with E-state index in [0.717, 1.165) is 27.9 Å². The lowest BCUT2D eigenvalue weighted by Gasteiger charge is -2.08. The van der Waals surface area contributed by atoms with E-state index in [9.17, 15) is 0 Å². The lowest BCUT2D eigenvalue weighted by molar-refractivity contribution is 0.0334. The van der Waals surface area contributed by atoms with Gasteiger partial charge in [0.05, 0.1) is 44.7 Å². The van der Waals surface area contributed by atoms with E-state index in [0.29, 0.717) is 39.6 Å². The van der Waals surface area contributed by atoms with Crippen molar-refractivity contribution in [2.45, 2.75) is 6.54 Å². The largest absolute Gasteiger partial charge is 0.491 e. The highest BCUT2D eigenvalue weighted by molar-refractivity contribution is 5.93. The van der Waals surface area contributed by atoms with Crippen LogP contribution in [0.3, 0.4) is 0 Å². The highest BCUT2D eigenvalue weighted by Gasteiger charge is 2.11. The third-order valence-corrected chi connectivity index (χ3v) is 3.77. The second-order valence-electron chi connectivity index (χ2n) is 5.34. The summed E-state index contributed by atoms with van der Waals surface area (Å²) in [5.74, 6) is 0.805. The lowest BCUT2D eigenvalue weighted by atomic mass is 10.1. The molecule has 23 heavy (non-hydrogen) atoms. The summed E-state index contributed by atoms with van der Waals surface area (Å²) >= 11 is 0. The SMILES string of the molecule is c1cc2[nH]nc3c2cc1OCCOCCOCCn1cc-3cn1. The smallest absolute Gasteiger partial charge is 0.120 e. The molecule has 4 rings (SSSR count). The molecular formula is C16H18N4O3. The number of nitrogens with zero attached hydrogens (tertiary/aromatic N) is 3. The van der Waals surface area contributed by atoms with Crippen molar-refractivity contribution in [3.63, 3.8) is 0 Å². The Morgan fingerprint density at radius 1 is 1.04 bits per heavy atom. The van der Waals surface area contributed by atoms with Gasteiger partial charge >= 0.3 is 0 Å². The summed E-state index contributed by atoms with van der Waals surface area (Å²) in [4.78, 5) is 0. The molecule has 0 saturated carbocycles. The topological polar surface area (TPSA) is 74.2 Å². The molecule has 1 aliphatic rings. The Balaban J connectivity index is 1.70. The molecule has 7 nitrogen and oxygen atoms in total. The Bertz CT molecular complexity index is 796. The molecule has 0 unspecified atom stereocenters. The summed E-state index contributed by atoms with van der Waals surface area (Å²) in [6.07, 6.45) is 3.80. The molecule has 2 aromatic heterocycles. The highest BCUT2D eigenvalue weighted by Crippen LogP contribution is 2.29. The van der Waals surface area contributed by atoms with Crippen LogP contribution in [0.15, 0.2) is 30.6 Å². The molecule has 0 atom stereocenters. The number of hydrogen-bond donors (Lipinski definition) is 1. The van der Waals surface area contributed by atoms with Crippen molar-refractivity contribution in [2.75, 3.05) is 33.0 Å². The molecule has 120 valence electrons. The predicted octanol–water partition coefficient (Wildman–Crippen LogP) is 1.85. The second-order valence-corrected chi connectivity index (χ2v) is 5.34. The third-order valence-electron chi connectivity index (χ3n) is 3.77. The van der Waals surface area contributed by atoms with Crippen molar-refractivity contribution < 1.29 is 14.2 Å². The number of nitrogens with one attached hydrogen (secondary N) is 1. The fraction of sp³-hybridized carbons (Fsp3) is 0.375. The normalized spacial score (nSPS) is 16.5. The molecule has 4 bridgehead atoms. The molecule has 0 radical (unpaired) electrons. The van der Waals surface area contributed by atoms with Gasteiger partial charge in [0.1, 0.15) is 18.1 Å². The molecule has 1 aliphatic heterocycles. The Hall–Kier alpha value is -2.38. The first-order valence-electron chi connectivity index (χ1n) is 7.69. The molecule has 3 heterocycles. The Morgan fingerprint density at radius 3 is 2.87 bits per heavy atom. The molecular weight excluding hydrogens is 296 g/mol. The summed E-state index contributed by atoms with van der Waals surface area (Å²) in [7, 11) is 0. The minimum absolute atomic E-state index is 0.511. The molecule has 3 aromatic rings. The maximum atomic E-state index is 5.75. The quantitative estimate of drug-likeness (QED) is 0.685. The van der Waals surface area contributed by atoms with Crippen LogP contribution < -0.4 is 4.74 Å². The van der Waals surface area contributed by atoms with E-state index in [1.807, 2.05) is 35.3 Å². The van der Waals surface area contributed by atoms with Gasteiger partial charge in [0.15, 0.2) is 0 Å². The number of rotatable bonds is 0. The van der Waals surface area contributed by atoms with Crippen LogP contribution in [0.25, 0.3) is 22.2 Å². The van der Waals surface area contributed by atoms with Crippen LogP contribution in [0.1, 0.15) is 0 Å². The Labute approximate surface area is 133 Å². The zero-order valence-electron chi connectivity index (χ0n) is 12.7. The number of benzene rings is 1. The number of aromatic nitrogens is 4. The van der Waals surface area contributed by atoms with Crippen molar-refractivity contribution in [1.29, 1.82) is 0 Å². The minimum atomic E-state index is 0.511. The third kappa shape index (κ3) is 3.06. The summed E-state index contributed by atoms with van der Waals surface area (Å²) in [6.45, 7) is 3.50. The molecule has 1 aromatic carbocycles. The van der Waals surface area contributed by atoms with Gasteiger partial charge in [-0.25, -0.2) is 0 Å². The number of ether oxygens (including phenoxy) is 3. The van der Waals surface area contributed by atoms with Gasteiger partial charge in [-0.1, -0.05) is 0 Å². The summed E-state index contributed by atoms with van der Waals surface area (Å²) < 4.78 is 18.6. The van der Waals surface area contributed by atoms with Gasteiger partial charge in [-0.3, -0.25) is 9.78 Å². The molecule has 0 amide bonds. The van der Waals surface area contributed by atoms with E-state index in [1.54, 1.807) is 0 Å². The molecule has 0 saturated heterocycles. The van der Waals surface area contributed by atoms with Gasteiger partial charge in [0, 0.05) is 17.1 Å². The molecule has 0 spiro atoms. The van der Waals surface area contributed by atoms with Crippen LogP contribution in [-0.4, -0.2) is 53.0 Å². The highest BCUT2D eigenvalue weighted by atomic mass is 16.5. The predicted molar refractivity (Wildman–Crippen MR) is 84.4 cm³/mol. The fourth-order valence-electron chi connectivity index (χ4n) is 2.61.